The smallest absolute Gasteiger partial charge is 0.324 e. The van der Waals surface area contributed by atoms with Crippen molar-refractivity contribution in [2.45, 2.75) is 40.0 Å². The van der Waals surface area contributed by atoms with E-state index in [1.165, 1.54) is 0 Å². The van der Waals surface area contributed by atoms with Crippen molar-refractivity contribution in [3.63, 3.8) is 0 Å². The number of aliphatic hydroxyl groups excluding tert-OH is 1. The van der Waals surface area contributed by atoms with Crippen LogP contribution in [-0.4, -0.2) is 71.9 Å². The molecule has 5 rings (SSSR count). The van der Waals surface area contributed by atoms with Crippen molar-refractivity contribution in [2.24, 2.45) is 0 Å². The predicted molar refractivity (Wildman–Crippen MR) is 169 cm³/mol. The first-order chi connectivity index (χ1) is 20.3. The van der Waals surface area contributed by atoms with Crippen LogP contribution < -0.4 is 15.4 Å². The third-order valence-corrected chi connectivity index (χ3v) is 7.22. The topological polar surface area (TPSA) is 101 Å². The molecule has 1 aliphatic heterocycles. The van der Waals surface area contributed by atoms with Gasteiger partial charge in [-0.15, -0.1) is 0 Å². The lowest BCUT2D eigenvalue weighted by Crippen LogP contribution is -2.38. The Hall–Kier alpha value is -3.92. The fraction of sp³-hybridized carbons (Fsp3) is 0.394. The van der Waals surface area contributed by atoms with Gasteiger partial charge in [0.25, 0.3) is 0 Å². The number of ether oxygens (including phenoxy) is 2. The molecular weight excluding hydrogens is 530 g/mol. The molecule has 2 amide bonds. The van der Waals surface area contributed by atoms with Gasteiger partial charge in [0.15, 0.2) is 0 Å². The maximum absolute atomic E-state index is 13.3. The van der Waals surface area contributed by atoms with E-state index in [0.717, 1.165) is 60.6 Å². The molecule has 0 saturated carbocycles. The SMILES string of the molecule is CC.Cc1ccc(-n2nc(C(C)(C)CO)cc2NC(=O)Nc2ccc(OCCN3CCOCC3)c3ccccc23)cc1. The van der Waals surface area contributed by atoms with Crippen LogP contribution in [0.5, 0.6) is 5.75 Å². The highest BCUT2D eigenvalue weighted by molar-refractivity contribution is 6.07. The summed E-state index contributed by atoms with van der Waals surface area (Å²) < 4.78 is 13.3. The van der Waals surface area contributed by atoms with Gasteiger partial charge in [-0.25, -0.2) is 9.48 Å². The Bertz CT molecular complexity index is 1460. The second-order valence-electron chi connectivity index (χ2n) is 10.7. The number of urea groups is 1. The maximum atomic E-state index is 13.3. The minimum absolute atomic E-state index is 0.0730. The number of carbonyl (C=O) groups excluding carboxylic acids is 1. The van der Waals surface area contributed by atoms with Crippen LogP contribution in [-0.2, 0) is 10.2 Å². The molecule has 9 nitrogen and oxygen atoms in total. The van der Waals surface area contributed by atoms with Crippen LogP contribution in [0, 0.1) is 6.92 Å². The number of aliphatic hydroxyl groups is 1. The molecule has 0 aliphatic carbocycles. The van der Waals surface area contributed by atoms with E-state index in [1.54, 1.807) is 10.7 Å². The van der Waals surface area contributed by atoms with Crippen LogP contribution in [0.2, 0.25) is 0 Å². The Balaban J connectivity index is 0.00000198. The van der Waals surface area contributed by atoms with Crippen molar-refractivity contribution < 1.29 is 19.4 Å². The van der Waals surface area contributed by atoms with E-state index in [2.05, 4.69) is 15.5 Å². The van der Waals surface area contributed by atoms with Gasteiger partial charge in [0.05, 0.1) is 36.9 Å². The number of rotatable bonds is 9. The lowest BCUT2D eigenvalue weighted by atomic mass is 9.91. The third kappa shape index (κ3) is 7.47. The lowest BCUT2D eigenvalue weighted by molar-refractivity contribution is 0.0323. The standard InChI is InChI=1S/C31H37N5O4.C2H6/c1-22-8-10-23(11-9-22)36-29(20-28(34-36)31(2,3)21-37)33-30(38)32-26-12-13-27(25-7-5-4-6-24(25)26)40-19-16-35-14-17-39-18-15-35;1-2/h4-13,20,37H,14-19,21H2,1-3H3,(H2,32,33,38);1-2H3. The summed E-state index contributed by atoms with van der Waals surface area (Å²) in [4.78, 5) is 15.6. The van der Waals surface area contributed by atoms with Gasteiger partial charge in [-0.05, 0) is 31.2 Å². The van der Waals surface area contributed by atoms with Gasteiger partial charge in [0.1, 0.15) is 18.2 Å². The first-order valence-electron chi connectivity index (χ1n) is 14.7. The number of morpholine rings is 1. The van der Waals surface area contributed by atoms with Crippen molar-refractivity contribution in [2.75, 3.05) is 56.7 Å². The molecule has 224 valence electrons. The van der Waals surface area contributed by atoms with E-state index >= 15 is 0 Å². The van der Waals surface area contributed by atoms with E-state index in [1.807, 2.05) is 95.3 Å². The van der Waals surface area contributed by atoms with Gasteiger partial charge >= 0.3 is 6.03 Å². The number of anilines is 2. The molecule has 9 heteroatoms. The van der Waals surface area contributed by atoms with Crippen LogP contribution >= 0.6 is 0 Å². The van der Waals surface area contributed by atoms with E-state index in [-0.39, 0.29) is 6.61 Å². The fourth-order valence-electron chi connectivity index (χ4n) is 4.65. The molecule has 42 heavy (non-hydrogen) atoms. The number of amides is 2. The Morgan fingerprint density at radius 2 is 1.69 bits per heavy atom. The van der Waals surface area contributed by atoms with Crippen molar-refractivity contribution in [3.05, 3.63) is 78.0 Å². The van der Waals surface area contributed by atoms with E-state index < -0.39 is 11.4 Å². The van der Waals surface area contributed by atoms with E-state index in [9.17, 15) is 9.90 Å². The highest BCUT2D eigenvalue weighted by Crippen LogP contribution is 2.32. The number of fused-ring (bicyclic) bond motifs is 1. The summed E-state index contributed by atoms with van der Waals surface area (Å²) >= 11 is 0. The average molecular weight is 574 g/mol. The molecule has 0 spiro atoms. The Kier molecular flexibility index (Phi) is 10.6. The Morgan fingerprint density at radius 1 is 1.00 bits per heavy atom. The molecule has 0 unspecified atom stereocenters. The number of aryl methyl sites for hydroxylation is 1. The van der Waals surface area contributed by atoms with Crippen LogP contribution in [0.3, 0.4) is 0 Å². The number of nitrogens with one attached hydrogen (secondary N) is 2. The summed E-state index contributed by atoms with van der Waals surface area (Å²) in [5, 5.41) is 22.4. The van der Waals surface area contributed by atoms with Crippen molar-refractivity contribution in [1.82, 2.24) is 14.7 Å². The molecule has 0 bridgehead atoms. The van der Waals surface area contributed by atoms with Crippen molar-refractivity contribution in [1.29, 1.82) is 0 Å². The zero-order valence-electron chi connectivity index (χ0n) is 25.3. The van der Waals surface area contributed by atoms with Crippen LogP contribution in [0.15, 0.2) is 66.7 Å². The molecule has 1 aromatic heterocycles. The van der Waals surface area contributed by atoms with Crippen LogP contribution in [0.4, 0.5) is 16.3 Å². The van der Waals surface area contributed by atoms with Gasteiger partial charge in [0.2, 0.25) is 0 Å². The largest absolute Gasteiger partial charge is 0.492 e. The lowest BCUT2D eigenvalue weighted by Gasteiger charge is -2.26. The molecule has 1 fully saturated rings. The average Bonchev–Trinajstić information content (AvgIpc) is 3.44. The predicted octanol–water partition coefficient (Wildman–Crippen LogP) is 5.99. The number of nitrogens with zero attached hydrogens (tertiary/aromatic N) is 3. The molecule has 1 saturated heterocycles. The second-order valence-corrected chi connectivity index (χ2v) is 10.7. The summed E-state index contributed by atoms with van der Waals surface area (Å²) in [6.45, 7) is 14.5. The number of benzene rings is 3. The normalized spacial score (nSPS) is 13.8. The summed E-state index contributed by atoms with van der Waals surface area (Å²) in [5.74, 6) is 1.29. The Morgan fingerprint density at radius 3 is 2.38 bits per heavy atom. The van der Waals surface area contributed by atoms with E-state index in [0.29, 0.717) is 23.8 Å². The van der Waals surface area contributed by atoms with Gasteiger partial charge in [0, 0.05) is 41.9 Å². The third-order valence-electron chi connectivity index (χ3n) is 7.22. The number of hydrogen-bond donors (Lipinski definition) is 3. The summed E-state index contributed by atoms with van der Waals surface area (Å²) in [6, 6.07) is 20.9. The second kappa shape index (κ2) is 14.3. The quantitative estimate of drug-likeness (QED) is 0.228. The van der Waals surface area contributed by atoms with E-state index in [4.69, 9.17) is 14.6 Å². The number of hydrogen-bond acceptors (Lipinski definition) is 6. The molecule has 4 aromatic rings. The first-order valence-corrected chi connectivity index (χ1v) is 14.7. The fourth-order valence-corrected chi connectivity index (χ4v) is 4.65. The van der Waals surface area contributed by atoms with Crippen LogP contribution in [0.25, 0.3) is 16.5 Å². The molecule has 3 aromatic carbocycles. The number of aromatic nitrogens is 2. The summed E-state index contributed by atoms with van der Waals surface area (Å²) in [7, 11) is 0. The maximum Gasteiger partial charge on any atom is 0.324 e. The number of carbonyl (C=O) groups is 1. The molecule has 0 radical (unpaired) electrons. The first kappa shape index (κ1) is 31.0. The molecular formula is C33H43N5O4. The summed E-state index contributed by atoms with van der Waals surface area (Å²) in [6.07, 6.45) is 0. The zero-order chi connectivity index (χ0) is 30.1. The van der Waals surface area contributed by atoms with Gasteiger partial charge in [-0.2, -0.15) is 5.10 Å². The van der Waals surface area contributed by atoms with Gasteiger partial charge in [-0.3, -0.25) is 10.2 Å². The van der Waals surface area contributed by atoms with Crippen LogP contribution in [0.1, 0.15) is 39.0 Å². The monoisotopic (exact) mass is 573 g/mol. The van der Waals surface area contributed by atoms with Crippen molar-refractivity contribution >= 4 is 28.3 Å². The molecule has 0 atom stereocenters. The highest BCUT2D eigenvalue weighted by Gasteiger charge is 2.25. The zero-order valence-corrected chi connectivity index (χ0v) is 25.3. The highest BCUT2D eigenvalue weighted by atomic mass is 16.5. The van der Waals surface area contributed by atoms with Crippen molar-refractivity contribution in [3.8, 4) is 11.4 Å². The summed E-state index contributed by atoms with van der Waals surface area (Å²) in [5.41, 5.74) is 2.71. The molecule has 3 N–H and O–H groups in total. The van der Waals surface area contributed by atoms with Gasteiger partial charge in [-0.1, -0.05) is 69.7 Å². The molecule has 2 heterocycles. The minimum Gasteiger partial charge on any atom is -0.492 e. The molecule has 1 aliphatic rings. The van der Waals surface area contributed by atoms with Gasteiger partial charge < -0.3 is 19.9 Å². The minimum atomic E-state index is -0.573. The Labute approximate surface area is 248 Å².